The molecule has 0 radical (unpaired) electrons. The minimum Gasteiger partial charge on any atom is -0.454 e. The van der Waals surface area contributed by atoms with Gasteiger partial charge >= 0.3 is 5.97 Å². The van der Waals surface area contributed by atoms with Crippen molar-refractivity contribution in [3.63, 3.8) is 0 Å². The van der Waals surface area contributed by atoms with Crippen LogP contribution in [0, 0.1) is 16.7 Å². The first-order valence-corrected chi connectivity index (χ1v) is 9.29. The van der Waals surface area contributed by atoms with Crippen molar-refractivity contribution in [3.05, 3.63) is 0 Å². The van der Waals surface area contributed by atoms with Gasteiger partial charge in [0.25, 0.3) is 0 Å². The van der Waals surface area contributed by atoms with E-state index in [9.17, 15) is 9.90 Å². The standard InChI is InChI=1S/C19H31NO3/c1-5-6-7-8-9-13(21)15-17(22)23-16-14(20-15)12-10-11-19(16,4)18(12,2)3/h12-13,15-16,21H,5-11H2,1-4H3/t12-,13-,15-,16-,19+/m1/s1. The number of carbonyl (C=O) groups is 1. The molecule has 0 saturated heterocycles. The molecule has 23 heavy (non-hydrogen) atoms. The van der Waals surface area contributed by atoms with Crippen LogP contribution in [0.25, 0.3) is 0 Å². The first kappa shape index (κ1) is 16.9. The molecule has 2 fully saturated rings. The zero-order valence-electron chi connectivity index (χ0n) is 15.0. The minimum atomic E-state index is -0.707. The molecule has 0 aromatic carbocycles. The quantitative estimate of drug-likeness (QED) is 0.601. The van der Waals surface area contributed by atoms with Gasteiger partial charge in [-0.05, 0) is 24.7 Å². The number of carbonyl (C=O) groups excluding carboxylic acids is 1. The Labute approximate surface area is 139 Å². The number of unbranched alkanes of at least 4 members (excludes halogenated alkanes) is 3. The van der Waals surface area contributed by atoms with E-state index in [1.165, 1.54) is 12.8 Å². The van der Waals surface area contributed by atoms with Gasteiger partial charge in [0.2, 0.25) is 0 Å². The monoisotopic (exact) mass is 321 g/mol. The largest absolute Gasteiger partial charge is 0.454 e. The number of aliphatic imine (C=N–C) groups is 1. The molecule has 1 aliphatic heterocycles. The van der Waals surface area contributed by atoms with Crippen LogP contribution in [-0.2, 0) is 9.53 Å². The van der Waals surface area contributed by atoms with Crippen molar-refractivity contribution in [2.75, 3.05) is 0 Å². The Balaban J connectivity index is 1.75. The van der Waals surface area contributed by atoms with Gasteiger partial charge in [0.05, 0.1) is 11.8 Å². The summed E-state index contributed by atoms with van der Waals surface area (Å²) in [5.41, 5.74) is 1.14. The molecule has 1 N–H and O–H groups in total. The molecule has 5 atom stereocenters. The highest BCUT2D eigenvalue weighted by molar-refractivity contribution is 6.01. The lowest BCUT2D eigenvalue weighted by Crippen LogP contribution is -2.49. The van der Waals surface area contributed by atoms with Crippen molar-refractivity contribution >= 4 is 11.7 Å². The first-order valence-electron chi connectivity index (χ1n) is 9.29. The maximum atomic E-state index is 12.4. The van der Waals surface area contributed by atoms with Gasteiger partial charge < -0.3 is 9.84 Å². The molecular formula is C19H31NO3. The van der Waals surface area contributed by atoms with Crippen LogP contribution in [0.2, 0.25) is 0 Å². The Morgan fingerprint density at radius 2 is 2.04 bits per heavy atom. The van der Waals surface area contributed by atoms with Gasteiger partial charge in [-0.1, -0.05) is 53.4 Å². The molecule has 4 heteroatoms. The molecule has 0 aromatic heterocycles. The second-order valence-corrected chi connectivity index (χ2v) is 8.46. The number of rotatable bonds is 6. The van der Waals surface area contributed by atoms with Crippen LogP contribution in [-0.4, -0.2) is 35.0 Å². The summed E-state index contributed by atoms with van der Waals surface area (Å²) in [5.74, 6) is 0.0618. The average Bonchev–Trinajstić information content (AvgIpc) is 2.82. The summed E-state index contributed by atoms with van der Waals surface area (Å²) < 4.78 is 5.81. The van der Waals surface area contributed by atoms with Gasteiger partial charge in [0.15, 0.2) is 6.04 Å². The maximum Gasteiger partial charge on any atom is 0.334 e. The van der Waals surface area contributed by atoms with Crippen LogP contribution < -0.4 is 0 Å². The normalized spacial score (nSPS) is 38.9. The third-order valence-electron chi connectivity index (χ3n) is 6.98. The van der Waals surface area contributed by atoms with Crippen LogP contribution in [0.4, 0.5) is 0 Å². The van der Waals surface area contributed by atoms with Crippen molar-refractivity contribution in [1.82, 2.24) is 0 Å². The van der Waals surface area contributed by atoms with E-state index in [0.717, 1.165) is 31.4 Å². The Hall–Kier alpha value is -0.900. The van der Waals surface area contributed by atoms with E-state index in [-0.39, 0.29) is 22.9 Å². The summed E-state index contributed by atoms with van der Waals surface area (Å²) in [4.78, 5) is 17.1. The Bertz CT molecular complexity index is 513. The molecule has 2 saturated carbocycles. The number of ether oxygens (including phenoxy) is 1. The van der Waals surface area contributed by atoms with Crippen LogP contribution in [0.3, 0.4) is 0 Å². The topological polar surface area (TPSA) is 58.9 Å². The van der Waals surface area contributed by atoms with Crippen molar-refractivity contribution < 1.29 is 14.6 Å². The second-order valence-electron chi connectivity index (χ2n) is 8.46. The lowest BCUT2D eigenvalue weighted by atomic mass is 9.70. The van der Waals surface area contributed by atoms with E-state index in [2.05, 4.69) is 27.7 Å². The Morgan fingerprint density at radius 1 is 1.30 bits per heavy atom. The molecule has 0 aromatic rings. The molecule has 2 bridgehead atoms. The molecule has 4 nitrogen and oxygen atoms in total. The minimum absolute atomic E-state index is 0.0107. The van der Waals surface area contributed by atoms with Crippen LogP contribution in [0.1, 0.15) is 72.6 Å². The van der Waals surface area contributed by atoms with Gasteiger partial charge in [-0.25, -0.2) is 4.79 Å². The van der Waals surface area contributed by atoms with E-state index in [0.29, 0.717) is 12.3 Å². The fourth-order valence-electron chi connectivity index (χ4n) is 4.95. The van der Waals surface area contributed by atoms with Crippen LogP contribution in [0.5, 0.6) is 0 Å². The number of esters is 1. The van der Waals surface area contributed by atoms with Crippen LogP contribution in [0.15, 0.2) is 4.99 Å². The molecule has 130 valence electrons. The molecule has 3 aliphatic rings. The van der Waals surface area contributed by atoms with E-state index in [4.69, 9.17) is 9.73 Å². The third-order valence-corrected chi connectivity index (χ3v) is 6.98. The fraction of sp³-hybridized carbons (Fsp3) is 0.895. The van der Waals surface area contributed by atoms with Gasteiger partial charge in [-0.2, -0.15) is 0 Å². The lowest BCUT2D eigenvalue weighted by molar-refractivity contribution is -0.158. The Morgan fingerprint density at radius 3 is 2.74 bits per heavy atom. The molecule has 1 heterocycles. The first-order chi connectivity index (χ1) is 10.8. The van der Waals surface area contributed by atoms with Crippen molar-refractivity contribution in [1.29, 1.82) is 0 Å². The highest BCUT2D eigenvalue weighted by atomic mass is 16.6. The highest BCUT2D eigenvalue weighted by Gasteiger charge is 2.67. The van der Waals surface area contributed by atoms with Gasteiger partial charge in [-0.15, -0.1) is 0 Å². The lowest BCUT2D eigenvalue weighted by Gasteiger charge is -2.39. The fourth-order valence-corrected chi connectivity index (χ4v) is 4.95. The predicted molar refractivity (Wildman–Crippen MR) is 90.5 cm³/mol. The van der Waals surface area contributed by atoms with Gasteiger partial charge in [0.1, 0.15) is 6.10 Å². The number of aliphatic hydroxyl groups is 1. The summed E-state index contributed by atoms with van der Waals surface area (Å²) in [6.07, 6.45) is 6.35. The Kier molecular flexibility index (Phi) is 4.33. The summed E-state index contributed by atoms with van der Waals surface area (Å²) in [6.45, 7) is 8.94. The SMILES string of the molecule is CCCCCC[C@@H](O)[C@H]1N=C2[C@H]3CC[C@@](C)([C@@H]2OC1=O)C3(C)C. The molecule has 2 aliphatic carbocycles. The average molecular weight is 321 g/mol. The van der Waals surface area contributed by atoms with Gasteiger partial charge in [-0.3, -0.25) is 4.99 Å². The van der Waals surface area contributed by atoms with Gasteiger partial charge in [0, 0.05) is 11.3 Å². The summed E-state index contributed by atoms with van der Waals surface area (Å²) in [6, 6.07) is -0.707. The number of nitrogens with zero attached hydrogens (tertiary/aromatic N) is 1. The van der Waals surface area contributed by atoms with Crippen molar-refractivity contribution in [2.24, 2.45) is 21.7 Å². The second kappa shape index (κ2) is 5.87. The zero-order valence-corrected chi connectivity index (χ0v) is 15.0. The summed E-state index contributed by atoms with van der Waals surface area (Å²) in [7, 11) is 0. The van der Waals surface area contributed by atoms with Crippen molar-refractivity contribution in [2.45, 2.75) is 90.9 Å². The number of aliphatic hydroxyl groups excluding tert-OH is 1. The maximum absolute atomic E-state index is 12.4. The molecule has 0 amide bonds. The van der Waals surface area contributed by atoms with Crippen molar-refractivity contribution in [3.8, 4) is 0 Å². The molecule has 0 spiro atoms. The van der Waals surface area contributed by atoms with E-state index < -0.39 is 12.1 Å². The molecule has 0 unspecified atom stereocenters. The van der Waals surface area contributed by atoms with E-state index >= 15 is 0 Å². The number of hydrogen-bond acceptors (Lipinski definition) is 4. The predicted octanol–water partition coefficient (Wildman–Crippen LogP) is 3.51. The molecular weight excluding hydrogens is 290 g/mol. The highest BCUT2D eigenvalue weighted by Crippen LogP contribution is 2.65. The number of hydrogen-bond donors (Lipinski definition) is 1. The van der Waals surface area contributed by atoms with E-state index in [1.807, 2.05) is 0 Å². The smallest absolute Gasteiger partial charge is 0.334 e. The van der Waals surface area contributed by atoms with E-state index in [1.54, 1.807) is 0 Å². The molecule has 3 rings (SSSR count). The third kappa shape index (κ3) is 2.45. The number of fused-ring (bicyclic) bond motifs is 5. The zero-order chi connectivity index (χ0) is 16.8. The van der Waals surface area contributed by atoms with Crippen LogP contribution >= 0.6 is 0 Å². The summed E-state index contributed by atoms with van der Waals surface area (Å²) >= 11 is 0. The summed E-state index contributed by atoms with van der Waals surface area (Å²) in [5, 5.41) is 10.4.